The van der Waals surface area contributed by atoms with Crippen LogP contribution in [0.4, 0.5) is 4.39 Å². The maximum absolute atomic E-state index is 13.9. The topological polar surface area (TPSA) is 65.9 Å². The molecule has 1 aliphatic carbocycles. The Morgan fingerprint density at radius 2 is 2.35 bits per heavy atom. The number of rotatable bonds is 3. The number of nitrogens with one attached hydrogen (secondary N) is 2. The molecule has 0 amide bonds. The highest BCUT2D eigenvalue weighted by atomic mass is 32.1. The van der Waals surface area contributed by atoms with Gasteiger partial charge in [-0.25, -0.2) is 4.39 Å². The number of fused-ring (bicyclic) bond motifs is 1. The molecule has 0 unspecified atom stereocenters. The van der Waals surface area contributed by atoms with Gasteiger partial charge in [-0.05, 0) is 49.5 Å². The van der Waals surface area contributed by atoms with Gasteiger partial charge in [0.15, 0.2) is 5.11 Å². The fourth-order valence-corrected chi connectivity index (χ4v) is 3.26. The Kier molecular flexibility index (Phi) is 4.77. The molecule has 3 rings (SSSR count). The number of nitrogens with zero attached hydrogens (tertiary/aromatic N) is 1. The lowest BCUT2D eigenvalue weighted by molar-refractivity contribution is 0.114. The van der Waals surface area contributed by atoms with Crippen LogP contribution in [0.1, 0.15) is 43.2 Å². The molecule has 124 valence electrons. The van der Waals surface area contributed by atoms with Crippen LogP contribution in [0.2, 0.25) is 0 Å². The van der Waals surface area contributed by atoms with Gasteiger partial charge in [-0.15, -0.1) is 0 Å². The molecule has 0 bridgehead atoms. The lowest BCUT2D eigenvalue weighted by Crippen LogP contribution is -2.37. The maximum atomic E-state index is 13.9. The first kappa shape index (κ1) is 16.1. The smallest absolute Gasteiger partial charge is 0.187 e. The van der Waals surface area contributed by atoms with Gasteiger partial charge < -0.3 is 15.2 Å². The van der Waals surface area contributed by atoms with Crippen molar-refractivity contribution in [1.29, 1.82) is 0 Å². The molecule has 0 spiro atoms. The second-order valence-corrected chi connectivity index (χ2v) is 6.38. The van der Waals surface area contributed by atoms with E-state index in [4.69, 9.17) is 17.0 Å². The summed E-state index contributed by atoms with van der Waals surface area (Å²) < 4.78 is 19.5. The number of ether oxygens (including phenoxy) is 1. The molecule has 1 saturated heterocycles. The Morgan fingerprint density at radius 1 is 1.52 bits per heavy atom. The van der Waals surface area contributed by atoms with E-state index in [0.717, 1.165) is 19.4 Å². The van der Waals surface area contributed by atoms with Crippen LogP contribution in [0.3, 0.4) is 0 Å². The van der Waals surface area contributed by atoms with Crippen molar-refractivity contribution in [2.45, 2.75) is 38.2 Å². The first-order chi connectivity index (χ1) is 11.1. The summed E-state index contributed by atoms with van der Waals surface area (Å²) in [6.45, 7) is 3.36. The van der Waals surface area contributed by atoms with Gasteiger partial charge in [-0.3, -0.25) is 5.43 Å². The molecule has 0 saturated carbocycles. The Labute approximate surface area is 139 Å². The van der Waals surface area contributed by atoms with Crippen LogP contribution < -0.4 is 10.7 Å². The molecular weight excluding hydrogens is 317 g/mol. The largest absolute Gasteiger partial charge is 0.507 e. The van der Waals surface area contributed by atoms with E-state index in [9.17, 15) is 9.50 Å². The number of hydrogen-bond donors (Lipinski definition) is 3. The van der Waals surface area contributed by atoms with E-state index in [2.05, 4.69) is 15.8 Å². The van der Waals surface area contributed by atoms with Crippen molar-refractivity contribution in [3.05, 3.63) is 29.1 Å². The monoisotopic (exact) mass is 337 g/mol. The molecule has 2 atom stereocenters. The minimum Gasteiger partial charge on any atom is -0.507 e. The number of hydrazone groups is 1. The summed E-state index contributed by atoms with van der Waals surface area (Å²) in [5, 5.41) is 17.7. The number of benzene rings is 1. The van der Waals surface area contributed by atoms with Crippen molar-refractivity contribution in [3.63, 3.8) is 0 Å². The predicted molar refractivity (Wildman–Crippen MR) is 90.3 cm³/mol. The number of phenolic OH excluding ortho intramolecular Hbond substituents is 1. The summed E-state index contributed by atoms with van der Waals surface area (Å²) >= 11 is 5.19. The average molecular weight is 337 g/mol. The third-order valence-corrected chi connectivity index (χ3v) is 4.49. The molecule has 1 aliphatic heterocycles. The quantitative estimate of drug-likeness (QED) is 0.584. The number of aromatic hydroxyl groups is 1. The highest BCUT2D eigenvalue weighted by Gasteiger charge is 2.30. The van der Waals surface area contributed by atoms with Crippen molar-refractivity contribution < 1.29 is 14.2 Å². The van der Waals surface area contributed by atoms with Crippen molar-refractivity contribution in [2.75, 3.05) is 13.2 Å². The van der Waals surface area contributed by atoms with Gasteiger partial charge in [0.2, 0.25) is 0 Å². The first-order valence-electron chi connectivity index (χ1n) is 7.80. The Bertz CT molecular complexity index is 644. The number of hydrogen-bond acceptors (Lipinski definition) is 4. The summed E-state index contributed by atoms with van der Waals surface area (Å²) in [6.07, 6.45) is 2.86. The number of thiocarbonyl (C=S) groups is 1. The maximum Gasteiger partial charge on any atom is 0.187 e. The molecular formula is C16H20FN3O2S. The molecule has 1 heterocycles. The predicted octanol–water partition coefficient (Wildman–Crippen LogP) is 2.39. The lowest BCUT2D eigenvalue weighted by Gasteiger charge is -2.12. The van der Waals surface area contributed by atoms with Crippen molar-refractivity contribution in [2.24, 2.45) is 5.10 Å². The van der Waals surface area contributed by atoms with E-state index < -0.39 is 0 Å². The van der Waals surface area contributed by atoms with Crippen molar-refractivity contribution in [3.8, 4) is 5.75 Å². The Morgan fingerprint density at radius 3 is 3.09 bits per heavy atom. The standard InChI is InChI=1S/C16H20FN3O2S/c1-9-7-12(15-13(21)5-4-11(17)14(9)15)19-20-16(23)18-8-10-3-2-6-22-10/h4-5,9-10,21H,2-3,6-8H2,1H3,(H2,18,20,23)/b19-12+/t9-,10-/m0/s1. The second-order valence-electron chi connectivity index (χ2n) is 5.98. The summed E-state index contributed by atoms with van der Waals surface area (Å²) in [5.41, 5.74) is 4.39. The zero-order valence-corrected chi connectivity index (χ0v) is 13.8. The van der Waals surface area contributed by atoms with Crippen LogP contribution in [0.15, 0.2) is 17.2 Å². The lowest BCUT2D eigenvalue weighted by atomic mass is 10.0. The van der Waals surface area contributed by atoms with Gasteiger partial charge in [0.25, 0.3) is 0 Å². The molecule has 3 N–H and O–H groups in total. The van der Waals surface area contributed by atoms with Crippen LogP contribution in [0.25, 0.3) is 0 Å². The molecule has 23 heavy (non-hydrogen) atoms. The highest BCUT2D eigenvalue weighted by Crippen LogP contribution is 2.39. The molecule has 1 fully saturated rings. The number of halogens is 1. The van der Waals surface area contributed by atoms with Crippen LogP contribution in [0, 0.1) is 5.82 Å². The van der Waals surface area contributed by atoms with Crippen molar-refractivity contribution in [1.82, 2.24) is 10.7 Å². The van der Waals surface area contributed by atoms with E-state index in [-0.39, 0.29) is 23.6 Å². The third kappa shape index (κ3) is 3.45. The highest BCUT2D eigenvalue weighted by molar-refractivity contribution is 7.80. The fourth-order valence-electron chi connectivity index (χ4n) is 3.13. The molecule has 5 nitrogen and oxygen atoms in total. The summed E-state index contributed by atoms with van der Waals surface area (Å²) in [5.74, 6) is -0.287. The normalized spacial score (nSPS) is 24.7. The van der Waals surface area contributed by atoms with Crippen LogP contribution in [0.5, 0.6) is 5.75 Å². The van der Waals surface area contributed by atoms with E-state index in [1.165, 1.54) is 12.1 Å². The molecule has 7 heteroatoms. The van der Waals surface area contributed by atoms with Crippen molar-refractivity contribution >= 4 is 23.0 Å². The van der Waals surface area contributed by atoms with Crippen LogP contribution in [-0.4, -0.2) is 35.2 Å². The molecule has 1 aromatic carbocycles. The van der Waals surface area contributed by atoms with Gasteiger partial charge in [0.05, 0.1) is 11.8 Å². The molecule has 2 aliphatic rings. The van der Waals surface area contributed by atoms with Crippen LogP contribution in [-0.2, 0) is 4.74 Å². The SMILES string of the molecule is C[C@H]1C/C(=N\NC(=S)NC[C@@H]2CCCO2)c2c(O)ccc(F)c21. The van der Waals surface area contributed by atoms with E-state index >= 15 is 0 Å². The van der Waals surface area contributed by atoms with Gasteiger partial charge in [-0.1, -0.05) is 6.92 Å². The first-order valence-corrected chi connectivity index (χ1v) is 8.21. The van der Waals surface area contributed by atoms with E-state index in [1.54, 1.807) is 0 Å². The molecule has 0 aromatic heterocycles. The molecule has 1 aromatic rings. The second kappa shape index (κ2) is 6.80. The fraction of sp³-hybridized carbons (Fsp3) is 0.500. The number of phenols is 1. The summed E-state index contributed by atoms with van der Waals surface area (Å²) in [7, 11) is 0. The third-order valence-electron chi connectivity index (χ3n) is 4.26. The molecule has 0 radical (unpaired) electrons. The Balaban J connectivity index is 1.65. The van der Waals surface area contributed by atoms with Gasteiger partial charge in [0, 0.05) is 24.3 Å². The van der Waals surface area contributed by atoms with Gasteiger partial charge in [-0.2, -0.15) is 5.10 Å². The van der Waals surface area contributed by atoms with E-state index in [0.29, 0.717) is 34.9 Å². The summed E-state index contributed by atoms with van der Waals surface area (Å²) in [4.78, 5) is 0. The zero-order valence-electron chi connectivity index (χ0n) is 12.9. The average Bonchev–Trinajstić information content (AvgIpc) is 3.15. The minimum atomic E-state index is -0.311. The minimum absolute atomic E-state index is 0.0222. The Hall–Kier alpha value is -1.73. The van der Waals surface area contributed by atoms with E-state index in [1.807, 2.05) is 6.92 Å². The van der Waals surface area contributed by atoms with Crippen LogP contribution >= 0.6 is 12.2 Å². The van der Waals surface area contributed by atoms with Gasteiger partial charge >= 0.3 is 0 Å². The summed E-state index contributed by atoms with van der Waals surface area (Å²) in [6, 6.07) is 2.64. The zero-order chi connectivity index (χ0) is 16.4. The van der Waals surface area contributed by atoms with Gasteiger partial charge in [0.1, 0.15) is 11.6 Å².